The van der Waals surface area contributed by atoms with E-state index >= 15 is 0 Å². The summed E-state index contributed by atoms with van der Waals surface area (Å²) in [7, 11) is 24.6. The smallest absolute Gasteiger partial charge is 0.148 e. The second-order valence-electron chi connectivity index (χ2n) is 6.45. The molecule has 0 rings (SSSR count). The van der Waals surface area contributed by atoms with E-state index in [1.165, 1.54) is 32.1 Å². The number of hydrogen-bond donors (Lipinski definition) is 0. The van der Waals surface area contributed by atoms with Crippen LogP contribution in [-0.4, -0.2) is 85.4 Å². The van der Waals surface area contributed by atoms with Crippen LogP contribution < -0.4 is 0 Å². The Labute approximate surface area is 369 Å². The topological polar surface area (TPSA) is 36.9 Å². The van der Waals surface area contributed by atoms with Crippen molar-refractivity contribution in [2.24, 2.45) is 0 Å². The average molecular weight is 861 g/mol. The van der Waals surface area contributed by atoms with Gasteiger partial charge in [0.25, 0.3) is 0 Å². The normalized spacial score (nSPS) is 7.28. The van der Waals surface area contributed by atoms with Gasteiger partial charge in [0.15, 0.2) is 0 Å². The fourth-order valence-corrected chi connectivity index (χ4v) is 0. The second kappa shape index (κ2) is 288. The van der Waals surface area contributed by atoms with Crippen molar-refractivity contribution in [3.8, 4) is 0 Å². The fraction of sp³-hybridized carbons (Fsp3) is 1.00. The quantitative estimate of drug-likeness (QED) is 0.208. The van der Waals surface area contributed by atoms with Gasteiger partial charge in [-0.1, -0.05) is 235 Å². The van der Waals surface area contributed by atoms with Crippen LogP contribution in [0.2, 0.25) is 0 Å². The molecule has 0 aliphatic carbocycles. The molecule has 4 unspecified atom stereocenters. The van der Waals surface area contributed by atoms with Gasteiger partial charge in [0.2, 0.25) is 0 Å². The molecule has 0 aliphatic rings. The summed E-state index contributed by atoms with van der Waals surface area (Å²) in [5.74, 6) is 0. The van der Waals surface area contributed by atoms with Gasteiger partial charge in [0.1, 0.15) is 30.3 Å². The lowest BCUT2D eigenvalue weighted by atomic mass is 10.6. The molecule has 0 aromatic carbocycles. The first kappa shape index (κ1) is 205. The van der Waals surface area contributed by atoms with Crippen LogP contribution in [0.3, 0.4) is 0 Å². The molecular weight excluding hydrogens is 724 g/mol. The van der Waals surface area contributed by atoms with E-state index in [9.17, 15) is 0 Å². The van der Waals surface area contributed by atoms with Crippen molar-refractivity contribution in [1.29, 1.82) is 0 Å². The molecule has 0 heterocycles. The zero-order chi connectivity index (χ0) is 30.7. The highest BCUT2D eigenvalue weighted by Gasteiger charge is 1.79. The summed E-state index contributed by atoms with van der Waals surface area (Å²) in [6.45, 7) is 28.6. The predicted octanol–water partition coefficient (Wildman–Crippen LogP) is 21.5. The Morgan fingerprint density at radius 3 is 0.264 bits per heavy atom. The van der Waals surface area contributed by atoms with E-state index in [-0.39, 0.29) is 134 Å². The molecule has 0 spiro atoms. The van der Waals surface area contributed by atoms with Crippen molar-refractivity contribution in [3.63, 3.8) is 0 Å². The molecule has 4 atom stereocenters. The third-order valence-corrected chi connectivity index (χ3v) is 3.46. The van der Waals surface area contributed by atoms with Crippen LogP contribution in [0.4, 0.5) is 0 Å². The van der Waals surface area contributed by atoms with Crippen LogP contribution in [-0.2, 0) is 18.1 Å². The van der Waals surface area contributed by atoms with Crippen molar-refractivity contribution < 1.29 is 18.1 Å². The van der Waals surface area contributed by atoms with Crippen LogP contribution in [0.25, 0.3) is 0 Å². The van der Waals surface area contributed by atoms with Crippen molar-refractivity contribution in [3.05, 3.63) is 0 Å². The van der Waals surface area contributed by atoms with Gasteiger partial charge >= 0.3 is 0 Å². The Hall–Kier alpha value is 1.82. The maximum absolute atomic E-state index is 5.13. The van der Waals surface area contributed by atoms with Gasteiger partial charge in [-0.05, 0) is 58.8 Å². The van der Waals surface area contributed by atoms with E-state index in [1.54, 1.807) is 28.4 Å². The average Bonchev–Trinajstić information content (AvgIpc) is 2.77. The molecule has 53 heavy (non-hydrogen) atoms. The summed E-state index contributed by atoms with van der Waals surface area (Å²) in [6.07, 6.45) is 6.25. The third-order valence-electron chi connectivity index (χ3n) is 1.15. The first-order valence-electron chi connectivity index (χ1n) is 12.3. The molecule has 0 aliphatic heterocycles. The molecule has 0 aromatic rings. The van der Waals surface area contributed by atoms with Crippen molar-refractivity contribution >= 4 is 62.4 Å². The SMILES string of the molecule is C.C.C.C.C.C.C.C.C.C.C.C.C.C.C.C.C.C.CCC.CCC.CCC.CCC.CCC.[B]P(C)OC.[B]P(C)OC.[B]P(C)OC.[B]P(C)OC. The Bertz CT molecular complexity index is 193. The Balaban J connectivity index is -0.00000000555. The molecule has 4 nitrogen and oxygen atoms in total. The lowest BCUT2D eigenvalue weighted by Gasteiger charge is -1.95. The molecule has 0 saturated heterocycles. The van der Waals surface area contributed by atoms with E-state index in [0.29, 0.717) is 0 Å². The molecular formula is C41H136B4O4P4. The second-order valence-corrected chi connectivity index (χ2v) is 12.3. The van der Waals surface area contributed by atoms with Gasteiger partial charge in [-0.3, -0.25) is 0 Å². The van der Waals surface area contributed by atoms with Gasteiger partial charge < -0.3 is 18.1 Å². The maximum Gasteiger partial charge on any atom is 0.148 e. The van der Waals surface area contributed by atoms with Crippen LogP contribution >= 0.6 is 32.1 Å². The highest BCUT2D eigenvalue weighted by molar-refractivity contribution is 7.78. The molecule has 8 radical (unpaired) electrons. The van der Waals surface area contributed by atoms with Crippen LogP contribution in [0.1, 0.15) is 235 Å². The summed E-state index contributed by atoms with van der Waals surface area (Å²) in [4.78, 5) is 0. The van der Waals surface area contributed by atoms with E-state index in [2.05, 4.69) is 87.3 Å². The van der Waals surface area contributed by atoms with Gasteiger partial charge in [0, 0.05) is 28.4 Å². The fourth-order valence-electron chi connectivity index (χ4n) is 0. The first-order valence-corrected chi connectivity index (χ1v) is 19.4. The zero-order valence-electron chi connectivity index (χ0n) is 27.3. The highest BCUT2D eigenvalue weighted by Crippen LogP contribution is 2.22. The summed E-state index contributed by atoms with van der Waals surface area (Å²) in [5.41, 5.74) is 0. The minimum atomic E-state index is -0.598. The minimum absolute atomic E-state index is 0. The van der Waals surface area contributed by atoms with E-state index < -0.39 is 32.1 Å². The summed E-state index contributed by atoms with van der Waals surface area (Å²) >= 11 is 0. The number of rotatable bonds is 4. The van der Waals surface area contributed by atoms with Crippen molar-refractivity contribution in [2.75, 3.05) is 55.1 Å². The van der Waals surface area contributed by atoms with Crippen LogP contribution in [0.5, 0.6) is 0 Å². The van der Waals surface area contributed by atoms with Crippen molar-refractivity contribution in [2.45, 2.75) is 235 Å². The Kier molecular flexibility index (Phi) is 1120. The largest absolute Gasteiger partial charge is 0.374 e. The standard InChI is InChI=1S/5C3H8.4C2H6BOP.18CH4/c5*1-3-2;4*1-4-5(2)3;;;;;;;;;;;;;;;;;;/h5*3H2,1-2H3;4*1-2H3;18*1H4. The van der Waals surface area contributed by atoms with Gasteiger partial charge in [-0.2, -0.15) is 0 Å². The van der Waals surface area contributed by atoms with Crippen molar-refractivity contribution in [1.82, 2.24) is 0 Å². The zero-order valence-corrected chi connectivity index (χ0v) is 30.8. The molecule has 356 valence electrons. The van der Waals surface area contributed by atoms with Crippen LogP contribution in [0.15, 0.2) is 0 Å². The minimum Gasteiger partial charge on any atom is -0.374 e. The van der Waals surface area contributed by atoms with Gasteiger partial charge in [-0.25, -0.2) is 0 Å². The summed E-state index contributed by atoms with van der Waals surface area (Å²) in [5, 5.41) is 0. The summed E-state index contributed by atoms with van der Waals surface area (Å²) in [6, 6.07) is 0. The van der Waals surface area contributed by atoms with Crippen LogP contribution in [0, 0.1) is 0 Å². The van der Waals surface area contributed by atoms with Gasteiger partial charge in [0.05, 0.1) is 0 Å². The highest BCUT2D eigenvalue weighted by atomic mass is 31.1. The Morgan fingerprint density at radius 2 is 0.264 bits per heavy atom. The van der Waals surface area contributed by atoms with E-state index in [4.69, 9.17) is 30.3 Å². The van der Waals surface area contributed by atoms with E-state index in [0.717, 1.165) is 0 Å². The molecule has 0 N–H and O–H groups in total. The third kappa shape index (κ3) is 1500. The lowest BCUT2D eigenvalue weighted by molar-refractivity contribution is 0.474. The summed E-state index contributed by atoms with van der Waals surface area (Å²) < 4.78 is 18.4. The van der Waals surface area contributed by atoms with E-state index in [1.807, 2.05) is 26.7 Å². The first-order chi connectivity index (χ1) is 16.2. The maximum atomic E-state index is 5.13. The molecule has 0 saturated carbocycles. The van der Waals surface area contributed by atoms with Gasteiger partial charge in [-0.15, -0.1) is 0 Å². The lowest BCUT2D eigenvalue weighted by Crippen LogP contribution is -1.67. The Morgan fingerprint density at radius 1 is 0.245 bits per heavy atom. The molecule has 12 heteroatoms. The molecule has 0 fully saturated rings. The molecule has 0 bridgehead atoms. The molecule has 0 amide bonds. The number of hydrogen-bond acceptors (Lipinski definition) is 4. The predicted molar refractivity (Wildman–Crippen MR) is 303 cm³/mol. The monoisotopic (exact) mass is 861 g/mol. The molecule has 0 aromatic heterocycles.